The quantitative estimate of drug-likeness (QED) is 0.715. The number of amides is 2. The minimum absolute atomic E-state index is 0.0447. The van der Waals surface area contributed by atoms with Gasteiger partial charge in [0.25, 0.3) is 0 Å². The molecule has 0 bridgehead atoms. The average molecular weight is 288 g/mol. The Morgan fingerprint density at radius 3 is 2.35 bits per heavy atom. The number of hydrogen-bond acceptors (Lipinski definition) is 3. The van der Waals surface area contributed by atoms with Gasteiger partial charge in [-0.1, -0.05) is 20.8 Å². The molecule has 0 rings (SSSR count). The van der Waals surface area contributed by atoms with Crippen LogP contribution in [0, 0.1) is 5.41 Å². The standard InChI is InChI=1S/C14H28N2O4/c1-6-16(7-8-20-5)13(19)15-11(9-12(17)18)10-14(2,3)4/h11H,6-10H2,1-5H3,(H,15,19)(H,17,18). The molecule has 6 nitrogen and oxygen atoms in total. The number of urea groups is 1. The van der Waals surface area contributed by atoms with Gasteiger partial charge in [-0.15, -0.1) is 0 Å². The predicted octanol–water partition coefficient (Wildman–Crippen LogP) is 1.94. The summed E-state index contributed by atoms with van der Waals surface area (Å²) >= 11 is 0. The molecule has 2 N–H and O–H groups in total. The van der Waals surface area contributed by atoms with Crippen molar-refractivity contribution < 1.29 is 19.4 Å². The average Bonchev–Trinajstić information content (AvgIpc) is 2.26. The van der Waals surface area contributed by atoms with Crippen LogP contribution in [-0.4, -0.2) is 54.9 Å². The van der Waals surface area contributed by atoms with E-state index < -0.39 is 5.97 Å². The van der Waals surface area contributed by atoms with Crippen molar-refractivity contribution in [2.45, 2.75) is 46.6 Å². The van der Waals surface area contributed by atoms with Gasteiger partial charge >= 0.3 is 12.0 Å². The van der Waals surface area contributed by atoms with Gasteiger partial charge in [0.1, 0.15) is 0 Å². The van der Waals surface area contributed by atoms with Crippen molar-refractivity contribution in [3.8, 4) is 0 Å². The molecule has 2 amide bonds. The zero-order valence-corrected chi connectivity index (χ0v) is 13.2. The van der Waals surface area contributed by atoms with E-state index in [-0.39, 0.29) is 23.9 Å². The summed E-state index contributed by atoms with van der Waals surface area (Å²) in [5.74, 6) is -0.903. The van der Waals surface area contributed by atoms with E-state index in [4.69, 9.17) is 9.84 Å². The number of aliphatic carboxylic acids is 1. The maximum atomic E-state index is 12.1. The van der Waals surface area contributed by atoms with E-state index in [1.807, 2.05) is 27.7 Å². The second kappa shape index (κ2) is 8.79. The summed E-state index contributed by atoms with van der Waals surface area (Å²) in [6, 6.07) is -0.600. The van der Waals surface area contributed by atoms with Crippen molar-refractivity contribution in [2.24, 2.45) is 5.41 Å². The fraction of sp³-hybridized carbons (Fsp3) is 0.857. The molecule has 0 aromatic heterocycles. The number of carbonyl (C=O) groups is 2. The third kappa shape index (κ3) is 8.74. The maximum Gasteiger partial charge on any atom is 0.317 e. The van der Waals surface area contributed by atoms with Crippen LogP contribution in [0.4, 0.5) is 4.79 Å². The SMILES string of the molecule is CCN(CCOC)C(=O)NC(CC(=O)O)CC(C)(C)C. The molecule has 6 heteroatoms. The third-order valence-electron chi connectivity index (χ3n) is 2.84. The molecule has 1 unspecified atom stereocenters. The molecule has 1 atom stereocenters. The smallest absolute Gasteiger partial charge is 0.317 e. The monoisotopic (exact) mass is 288 g/mol. The zero-order valence-electron chi connectivity index (χ0n) is 13.2. The van der Waals surface area contributed by atoms with Crippen LogP contribution in [0.25, 0.3) is 0 Å². The Morgan fingerprint density at radius 2 is 1.95 bits per heavy atom. The van der Waals surface area contributed by atoms with E-state index in [1.54, 1.807) is 12.0 Å². The second-order valence-corrected chi connectivity index (χ2v) is 6.08. The van der Waals surface area contributed by atoms with E-state index in [2.05, 4.69) is 5.32 Å². The van der Waals surface area contributed by atoms with Crippen molar-refractivity contribution in [3.05, 3.63) is 0 Å². The maximum absolute atomic E-state index is 12.1. The normalized spacial score (nSPS) is 12.8. The Balaban J connectivity index is 4.60. The van der Waals surface area contributed by atoms with Gasteiger partial charge in [0.15, 0.2) is 0 Å². The van der Waals surface area contributed by atoms with Gasteiger partial charge in [0.2, 0.25) is 0 Å². The Morgan fingerprint density at radius 1 is 1.35 bits per heavy atom. The van der Waals surface area contributed by atoms with Crippen LogP contribution in [0.2, 0.25) is 0 Å². The molecule has 0 aliphatic heterocycles. The fourth-order valence-corrected chi connectivity index (χ4v) is 1.99. The first kappa shape index (κ1) is 18.7. The van der Waals surface area contributed by atoms with E-state index in [0.29, 0.717) is 26.1 Å². The van der Waals surface area contributed by atoms with Crippen molar-refractivity contribution in [2.75, 3.05) is 26.8 Å². The van der Waals surface area contributed by atoms with Crippen molar-refractivity contribution in [1.82, 2.24) is 10.2 Å². The summed E-state index contributed by atoms with van der Waals surface area (Å²) in [4.78, 5) is 24.6. The van der Waals surface area contributed by atoms with Gasteiger partial charge in [-0.2, -0.15) is 0 Å². The number of carboxylic acid groups (broad SMARTS) is 1. The number of likely N-dealkylation sites (N-methyl/N-ethyl adjacent to an activating group) is 1. The molecule has 0 heterocycles. The number of carboxylic acids is 1. The van der Waals surface area contributed by atoms with Gasteiger partial charge in [-0.25, -0.2) is 4.79 Å². The Bertz CT molecular complexity index is 313. The Labute approximate surface area is 121 Å². The molecule has 0 aliphatic rings. The topological polar surface area (TPSA) is 78.9 Å². The molecule has 0 spiro atoms. The van der Waals surface area contributed by atoms with Crippen LogP contribution in [0.5, 0.6) is 0 Å². The predicted molar refractivity (Wildman–Crippen MR) is 77.8 cm³/mol. The highest BCUT2D eigenvalue weighted by Gasteiger charge is 2.24. The molecule has 0 aliphatic carbocycles. The number of nitrogens with one attached hydrogen (secondary N) is 1. The lowest BCUT2D eigenvalue weighted by atomic mass is 9.87. The van der Waals surface area contributed by atoms with E-state index in [0.717, 1.165) is 0 Å². The molecule has 118 valence electrons. The van der Waals surface area contributed by atoms with Gasteiger partial charge < -0.3 is 20.1 Å². The fourth-order valence-electron chi connectivity index (χ4n) is 1.99. The van der Waals surface area contributed by atoms with Gasteiger partial charge in [-0.05, 0) is 18.8 Å². The molecular formula is C14H28N2O4. The largest absolute Gasteiger partial charge is 0.481 e. The van der Waals surface area contributed by atoms with Crippen molar-refractivity contribution >= 4 is 12.0 Å². The number of carbonyl (C=O) groups excluding carboxylic acids is 1. The van der Waals surface area contributed by atoms with E-state index >= 15 is 0 Å². The number of methoxy groups -OCH3 is 1. The minimum atomic E-state index is -0.903. The van der Waals surface area contributed by atoms with Crippen molar-refractivity contribution in [1.29, 1.82) is 0 Å². The summed E-state index contributed by atoms with van der Waals surface area (Å²) in [5, 5.41) is 11.8. The van der Waals surface area contributed by atoms with E-state index in [1.165, 1.54) is 0 Å². The zero-order chi connectivity index (χ0) is 15.8. The van der Waals surface area contributed by atoms with Gasteiger partial charge in [0, 0.05) is 26.2 Å². The third-order valence-corrected chi connectivity index (χ3v) is 2.84. The summed E-state index contributed by atoms with van der Waals surface area (Å²) in [6.45, 7) is 9.47. The summed E-state index contributed by atoms with van der Waals surface area (Å²) in [5.41, 5.74) is -0.0447. The highest BCUT2D eigenvalue weighted by atomic mass is 16.5. The van der Waals surface area contributed by atoms with Gasteiger partial charge in [-0.3, -0.25) is 4.79 Å². The van der Waals surface area contributed by atoms with Crippen LogP contribution in [-0.2, 0) is 9.53 Å². The Kier molecular flexibility index (Phi) is 8.22. The highest BCUT2D eigenvalue weighted by molar-refractivity contribution is 5.76. The molecular weight excluding hydrogens is 260 g/mol. The lowest BCUT2D eigenvalue weighted by Gasteiger charge is -2.29. The van der Waals surface area contributed by atoms with E-state index in [9.17, 15) is 9.59 Å². The first-order valence-electron chi connectivity index (χ1n) is 6.95. The van der Waals surface area contributed by atoms with Crippen LogP contribution in [0.15, 0.2) is 0 Å². The summed E-state index contributed by atoms with van der Waals surface area (Å²) < 4.78 is 4.96. The number of hydrogen-bond donors (Lipinski definition) is 2. The van der Waals surface area contributed by atoms with Crippen LogP contribution < -0.4 is 5.32 Å². The minimum Gasteiger partial charge on any atom is -0.481 e. The molecule has 0 radical (unpaired) electrons. The van der Waals surface area contributed by atoms with Crippen molar-refractivity contribution in [3.63, 3.8) is 0 Å². The molecule has 0 aromatic rings. The molecule has 20 heavy (non-hydrogen) atoms. The first-order valence-corrected chi connectivity index (χ1v) is 6.95. The number of nitrogens with zero attached hydrogens (tertiary/aromatic N) is 1. The number of ether oxygens (including phenoxy) is 1. The molecule has 0 fully saturated rings. The van der Waals surface area contributed by atoms with Crippen LogP contribution in [0.3, 0.4) is 0 Å². The molecule has 0 aromatic carbocycles. The van der Waals surface area contributed by atoms with Gasteiger partial charge in [0.05, 0.1) is 13.0 Å². The lowest BCUT2D eigenvalue weighted by Crippen LogP contribution is -2.47. The first-order chi connectivity index (χ1) is 9.19. The number of rotatable bonds is 8. The second-order valence-electron chi connectivity index (χ2n) is 6.08. The molecule has 0 saturated heterocycles. The Hall–Kier alpha value is -1.30. The highest BCUT2D eigenvalue weighted by Crippen LogP contribution is 2.22. The summed E-state index contributed by atoms with van der Waals surface area (Å²) in [7, 11) is 1.58. The summed E-state index contributed by atoms with van der Waals surface area (Å²) in [6.07, 6.45) is 0.553. The molecule has 0 saturated carbocycles. The van der Waals surface area contributed by atoms with Crippen LogP contribution >= 0.6 is 0 Å². The van der Waals surface area contributed by atoms with Crippen LogP contribution in [0.1, 0.15) is 40.5 Å². The lowest BCUT2D eigenvalue weighted by molar-refractivity contribution is -0.137.